The van der Waals surface area contributed by atoms with E-state index in [1.54, 1.807) is 5.57 Å². The predicted octanol–water partition coefficient (Wildman–Crippen LogP) is 4.52. The molecule has 2 nitrogen and oxygen atoms in total. The molecule has 0 radical (unpaired) electrons. The second-order valence-electron chi connectivity index (χ2n) is 9.44. The molecule has 0 heterocycles. The molecule has 3 saturated carbocycles. The number of carbonyl (C=O) groups is 1. The molecule has 0 aliphatic heterocycles. The Labute approximate surface area is 140 Å². The summed E-state index contributed by atoms with van der Waals surface area (Å²) in [6.07, 6.45) is 11.5. The van der Waals surface area contributed by atoms with Gasteiger partial charge >= 0.3 is 0 Å². The highest BCUT2D eigenvalue weighted by atomic mass is 16.3. The zero-order valence-electron chi connectivity index (χ0n) is 15.0. The summed E-state index contributed by atoms with van der Waals surface area (Å²) in [6.45, 7) is 6.70. The summed E-state index contributed by atoms with van der Waals surface area (Å²) in [5.41, 5.74) is 2.11. The number of aliphatic hydroxyl groups is 1. The number of Topliss-reactive ketones (excluding diaryl/α,β-unsaturated/α-hetero) is 1. The van der Waals surface area contributed by atoms with Crippen molar-refractivity contribution in [2.75, 3.05) is 0 Å². The lowest BCUT2D eigenvalue weighted by Gasteiger charge is -2.57. The molecule has 0 aromatic rings. The molecular formula is C21H32O2. The Balaban J connectivity index is 1.66. The number of allylic oxidation sites excluding steroid dienone is 1. The van der Waals surface area contributed by atoms with Crippen molar-refractivity contribution in [3.63, 3.8) is 0 Å². The van der Waals surface area contributed by atoms with Gasteiger partial charge in [-0.25, -0.2) is 0 Å². The maximum absolute atomic E-state index is 12.2. The average molecular weight is 316 g/mol. The monoisotopic (exact) mass is 316 g/mol. The Bertz CT molecular complexity index is 550. The van der Waals surface area contributed by atoms with Gasteiger partial charge in [-0.2, -0.15) is 0 Å². The van der Waals surface area contributed by atoms with E-state index in [0.29, 0.717) is 17.1 Å². The van der Waals surface area contributed by atoms with E-state index in [4.69, 9.17) is 0 Å². The molecule has 0 aromatic heterocycles. The molecule has 0 amide bonds. The number of fused-ring (bicyclic) bond motifs is 5. The van der Waals surface area contributed by atoms with E-state index in [0.717, 1.165) is 43.4 Å². The molecule has 5 unspecified atom stereocenters. The summed E-state index contributed by atoms with van der Waals surface area (Å²) in [5, 5.41) is 10.1. The van der Waals surface area contributed by atoms with Gasteiger partial charge in [-0.05, 0) is 86.9 Å². The van der Waals surface area contributed by atoms with E-state index in [9.17, 15) is 9.90 Å². The summed E-state index contributed by atoms with van der Waals surface area (Å²) in [4.78, 5) is 12.2. The first-order valence-corrected chi connectivity index (χ1v) is 9.74. The fourth-order valence-electron chi connectivity index (χ4n) is 7.31. The first kappa shape index (κ1) is 15.9. The zero-order chi connectivity index (χ0) is 16.4. The Hall–Kier alpha value is -0.630. The smallest absolute Gasteiger partial charge is 0.133 e. The van der Waals surface area contributed by atoms with Crippen LogP contribution in [-0.4, -0.2) is 17.0 Å². The first-order valence-electron chi connectivity index (χ1n) is 9.74. The lowest BCUT2D eigenvalue weighted by molar-refractivity contribution is -0.127. The van der Waals surface area contributed by atoms with Gasteiger partial charge in [0.15, 0.2) is 0 Å². The third-order valence-electron chi connectivity index (χ3n) is 8.57. The topological polar surface area (TPSA) is 37.3 Å². The minimum absolute atomic E-state index is 0.117. The van der Waals surface area contributed by atoms with Crippen LogP contribution in [0.4, 0.5) is 0 Å². The fourth-order valence-corrected chi connectivity index (χ4v) is 7.31. The Morgan fingerprint density at radius 3 is 2.65 bits per heavy atom. The average Bonchev–Trinajstić information content (AvgIpc) is 2.85. The van der Waals surface area contributed by atoms with Crippen LogP contribution in [0.3, 0.4) is 0 Å². The van der Waals surface area contributed by atoms with Gasteiger partial charge in [-0.3, -0.25) is 4.79 Å². The van der Waals surface area contributed by atoms with E-state index in [2.05, 4.69) is 19.9 Å². The summed E-state index contributed by atoms with van der Waals surface area (Å²) in [5.74, 6) is 3.00. The van der Waals surface area contributed by atoms with Gasteiger partial charge in [-0.15, -0.1) is 0 Å². The Kier molecular flexibility index (Phi) is 3.58. The van der Waals surface area contributed by atoms with Crippen molar-refractivity contribution < 1.29 is 9.90 Å². The molecule has 1 N–H and O–H groups in total. The van der Waals surface area contributed by atoms with E-state index in [-0.39, 0.29) is 11.5 Å². The lowest BCUT2D eigenvalue weighted by Crippen LogP contribution is -2.50. The largest absolute Gasteiger partial charge is 0.393 e. The summed E-state index contributed by atoms with van der Waals surface area (Å²) in [6, 6.07) is 0. The van der Waals surface area contributed by atoms with Crippen molar-refractivity contribution >= 4 is 5.78 Å². The molecule has 128 valence electrons. The van der Waals surface area contributed by atoms with Gasteiger partial charge in [-0.1, -0.05) is 25.5 Å². The molecule has 0 aromatic carbocycles. The molecule has 3 fully saturated rings. The van der Waals surface area contributed by atoms with Crippen LogP contribution in [0, 0.1) is 34.5 Å². The van der Waals surface area contributed by atoms with E-state index >= 15 is 0 Å². The highest BCUT2D eigenvalue weighted by Gasteiger charge is 2.59. The van der Waals surface area contributed by atoms with E-state index in [1.807, 2.05) is 6.92 Å². The maximum atomic E-state index is 12.2. The van der Waals surface area contributed by atoms with Crippen LogP contribution in [0.25, 0.3) is 0 Å². The second kappa shape index (κ2) is 5.18. The number of aliphatic hydroxyl groups excluding tert-OH is 1. The number of ketones is 1. The van der Waals surface area contributed by atoms with Crippen LogP contribution >= 0.6 is 0 Å². The van der Waals surface area contributed by atoms with Gasteiger partial charge in [0.05, 0.1) is 6.10 Å². The van der Waals surface area contributed by atoms with Crippen LogP contribution < -0.4 is 0 Å². The second-order valence-corrected chi connectivity index (χ2v) is 9.44. The summed E-state index contributed by atoms with van der Waals surface area (Å²) in [7, 11) is 0. The van der Waals surface area contributed by atoms with Crippen molar-refractivity contribution in [2.24, 2.45) is 34.5 Å². The maximum Gasteiger partial charge on any atom is 0.133 e. The molecule has 4 aliphatic carbocycles. The predicted molar refractivity (Wildman–Crippen MR) is 91.9 cm³/mol. The fraction of sp³-hybridized carbons (Fsp3) is 0.857. The minimum Gasteiger partial charge on any atom is -0.393 e. The number of carbonyl (C=O) groups excluding carboxylic acids is 1. The molecule has 0 saturated heterocycles. The quantitative estimate of drug-likeness (QED) is 0.722. The van der Waals surface area contributed by atoms with Crippen LogP contribution in [0.5, 0.6) is 0 Å². The first-order chi connectivity index (χ1) is 10.9. The van der Waals surface area contributed by atoms with Crippen LogP contribution in [0.2, 0.25) is 0 Å². The number of hydrogen-bond donors (Lipinski definition) is 1. The minimum atomic E-state index is -0.117. The molecule has 4 rings (SSSR count). The van der Waals surface area contributed by atoms with E-state index in [1.165, 1.54) is 25.7 Å². The zero-order valence-corrected chi connectivity index (χ0v) is 15.0. The van der Waals surface area contributed by atoms with Crippen LogP contribution in [-0.2, 0) is 4.79 Å². The number of rotatable bonds is 1. The van der Waals surface area contributed by atoms with Crippen molar-refractivity contribution in [1.82, 2.24) is 0 Å². The molecule has 2 heteroatoms. The Morgan fingerprint density at radius 2 is 1.91 bits per heavy atom. The lowest BCUT2D eigenvalue weighted by atomic mass is 9.47. The highest BCUT2D eigenvalue weighted by molar-refractivity contribution is 5.79. The molecule has 0 bridgehead atoms. The van der Waals surface area contributed by atoms with Crippen LogP contribution in [0.1, 0.15) is 72.1 Å². The normalized spacial score (nSPS) is 52.2. The van der Waals surface area contributed by atoms with Gasteiger partial charge in [0.25, 0.3) is 0 Å². The summed E-state index contributed by atoms with van der Waals surface area (Å²) < 4.78 is 0. The highest BCUT2D eigenvalue weighted by Crippen LogP contribution is 2.66. The third-order valence-corrected chi connectivity index (χ3v) is 8.57. The molecular weight excluding hydrogens is 284 g/mol. The van der Waals surface area contributed by atoms with Gasteiger partial charge in [0.1, 0.15) is 5.78 Å². The van der Waals surface area contributed by atoms with Crippen molar-refractivity contribution in [3.05, 3.63) is 11.6 Å². The molecule has 7 atom stereocenters. The van der Waals surface area contributed by atoms with Crippen molar-refractivity contribution in [2.45, 2.75) is 78.2 Å². The number of hydrogen-bond acceptors (Lipinski definition) is 2. The molecule has 0 spiro atoms. The van der Waals surface area contributed by atoms with Crippen LogP contribution in [0.15, 0.2) is 11.6 Å². The third kappa shape index (κ3) is 2.13. The van der Waals surface area contributed by atoms with Crippen molar-refractivity contribution in [1.29, 1.82) is 0 Å². The SMILES string of the molecule is CC(=O)[C@H]1CCC2C3CC=C4CC(O)CCC4(C)C3CC[C@@]21C. The molecule has 23 heavy (non-hydrogen) atoms. The van der Waals surface area contributed by atoms with Gasteiger partial charge in [0, 0.05) is 5.92 Å². The summed E-state index contributed by atoms with van der Waals surface area (Å²) >= 11 is 0. The standard InChI is InChI=1S/C21H32O2/c1-13(22)17-6-7-18-16-5-4-14-12-15(23)8-10-20(14,2)19(16)9-11-21(17,18)3/h4,15-19,23H,5-12H2,1-3H3/t15?,16?,17-,18?,19?,20?,21-/m1/s1. The van der Waals surface area contributed by atoms with Gasteiger partial charge in [0.2, 0.25) is 0 Å². The van der Waals surface area contributed by atoms with E-state index < -0.39 is 0 Å². The molecule has 4 aliphatic rings. The van der Waals surface area contributed by atoms with Gasteiger partial charge < -0.3 is 5.11 Å². The van der Waals surface area contributed by atoms with Crippen molar-refractivity contribution in [3.8, 4) is 0 Å². The Morgan fingerprint density at radius 1 is 1.13 bits per heavy atom.